The van der Waals surface area contributed by atoms with Crippen molar-refractivity contribution in [3.63, 3.8) is 0 Å². The number of aliphatic hydroxyl groups is 1. The van der Waals surface area contributed by atoms with Crippen LogP contribution in [0.5, 0.6) is 0 Å². The average molecular weight is 318 g/mol. The molecule has 19 heavy (non-hydrogen) atoms. The summed E-state index contributed by atoms with van der Waals surface area (Å²) in [7, 11) is -4.94. The zero-order chi connectivity index (χ0) is 14.6. The molecule has 1 atom stereocenters. The van der Waals surface area contributed by atoms with Crippen molar-refractivity contribution in [2.24, 2.45) is 0 Å². The number of hydrogen-bond donors (Lipinski definition) is 2. The lowest BCUT2D eigenvalue weighted by atomic mass is 10.3. The first-order valence-corrected chi connectivity index (χ1v) is 7.16. The van der Waals surface area contributed by atoms with Gasteiger partial charge in [0, 0.05) is 6.54 Å². The van der Waals surface area contributed by atoms with Crippen LogP contribution in [0.25, 0.3) is 0 Å². The number of benzene rings is 1. The van der Waals surface area contributed by atoms with Crippen LogP contribution in [-0.2, 0) is 9.84 Å². The highest BCUT2D eigenvalue weighted by Crippen LogP contribution is 2.27. The fourth-order valence-corrected chi connectivity index (χ4v) is 2.28. The smallest absolute Gasteiger partial charge is 0.341 e. The third-order valence-electron chi connectivity index (χ3n) is 2.19. The van der Waals surface area contributed by atoms with E-state index < -0.39 is 32.4 Å². The molecular formula is C10H11ClF3NO3S. The molecular weight excluding hydrogens is 307 g/mol. The molecule has 0 bridgehead atoms. The molecule has 0 saturated heterocycles. The third kappa shape index (κ3) is 3.99. The van der Waals surface area contributed by atoms with Gasteiger partial charge in [0.05, 0.1) is 22.6 Å². The first-order valence-electron chi connectivity index (χ1n) is 5.08. The molecule has 0 amide bonds. The number of alkyl halides is 3. The van der Waals surface area contributed by atoms with Crippen LogP contribution in [0, 0.1) is 5.82 Å². The van der Waals surface area contributed by atoms with Gasteiger partial charge in [-0.15, -0.1) is 11.6 Å². The molecule has 108 valence electrons. The van der Waals surface area contributed by atoms with Gasteiger partial charge < -0.3 is 10.4 Å². The lowest BCUT2D eigenvalue weighted by molar-refractivity contribution is 0.211. The van der Waals surface area contributed by atoms with Gasteiger partial charge in [-0.25, -0.2) is 12.8 Å². The van der Waals surface area contributed by atoms with E-state index in [2.05, 4.69) is 5.32 Å². The van der Waals surface area contributed by atoms with Crippen LogP contribution in [0.3, 0.4) is 0 Å². The van der Waals surface area contributed by atoms with E-state index in [1.807, 2.05) is 0 Å². The third-order valence-corrected chi connectivity index (χ3v) is 3.97. The summed E-state index contributed by atoms with van der Waals surface area (Å²) in [5, 5.41) is 11.6. The largest absolute Gasteiger partial charge is 0.390 e. The molecule has 1 rings (SSSR count). The Hall–Kier alpha value is -0.990. The Bertz CT molecular complexity index is 539. The van der Waals surface area contributed by atoms with Crippen molar-refractivity contribution in [2.45, 2.75) is 16.8 Å². The van der Waals surface area contributed by atoms with Crippen LogP contribution in [0.1, 0.15) is 0 Å². The maximum absolute atomic E-state index is 13.0. The van der Waals surface area contributed by atoms with Crippen LogP contribution in [-0.4, -0.2) is 37.8 Å². The lowest BCUT2D eigenvalue weighted by Crippen LogP contribution is -2.22. The Morgan fingerprint density at radius 1 is 1.37 bits per heavy atom. The second kappa shape index (κ2) is 6.44. The standard InChI is InChI=1S/C10H11ClF3NO3S/c11-4-7(16)5-15-8-2-1-6(12)3-9(8)19(17,18)10(13)14/h1-3,7,10,15-16H,4-5H2. The van der Waals surface area contributed by atoms with Gasteiger partial charge in [-0.3, -0.25) is 0 Å². The summed E-state index contributed by atoms with van der Waals surface area (Å²) in [4.78, 5) is -0.857. The number of aliphatic hydroxyl groups excluding tert-OH is 1. The minimum atomic E-state index is -4.94. The van der Waals surface area contributed by atoms with Crippen molar-refractivity contribution in [1.29, 1.82) is 0 Å². The van der Waals surface area contributed by atoms with E-state index in [1.54, 1.807) is 0 Å². The number of sulfone groups is 1. The molecule has 0 saturated carbocycles. The Labute approximate surface area is 113 Å². The number of anilines is 1. The van der Waals surface area contributed by atoms with Crippen LogP contribution >= 0.6 is 11.6 Å². The van der Waals surface area contributed by atoms with E-state index in [4.69, 9.17) is 11.6 Å². The van der Waals surface area contributed by atoms with Gasteiger partial charge in [-0.1, -0.05) is 0 Å². The molecule has 0 aliphatic rings. The Kier molecular flexibility index (Phi) is 5.45. The van der Waals surface area contributed by atoms with Crippen LogP contribution in [0.4, 0.5) is 18.9 Å². The zero-order valence-electron chi connectivity index (χ0n) is 9.48. The second-order valence-electron chi connectivity index (χ2n) is 3.64. The number of rotatable bonds is 6. The summed E-state index contributed by atoms with van der Waals surface area (Å²) in [5.41, 5.74) is -0.217. The average Bonchev–Trinajstić information content (AvgIpc) is 2.36. The second-order valence-corrected chi connectivity index (χ2v) is 5.83. The molecule has 0 aliphatic carbocycles. The Balaban J connectivity index is 3.12. The lowest BCUT2D eigenvalue weighted by Gasteiger charge is -2.14. The van der Waals surface area contributed by atoms with Gasteiger partial charge in [-0.2, -0.15) is 8.78 Å². The fraction of sp³-hybridized carbons (Fsp3) is 0.400. The molecule has 0 aliphatic heterocycles. The Morgan fingerprint density at radius 2 is 2.00 bits per heavy atom. The molecule has 0 aromatic heterocycles. The van der Waals surface area contributed by atoms with Gasteiger partial charge in [-0.05, 0) is 18.2 Å². The van der Waals surface area contributed by atoms with Gasteiger partial charge >= 0.3 is 5.76 Å². The highest BCUT2D eigenvalue weighted by Gasteiger charge is 2.29. The molecule has 1 aromatic rings. The molecule has 0 fully saturated rings. The summed E-state index contributed by atoms with van der Waals surface area (Å²) in [5.74, 6) is -4.74. The van der Waals surface area contributed by atoms with E-state index in [-0.39, 0.29) is 18.1 Å². The van der Waals surface area contributed by atoms with E-state index in [9.17, 15) is 26.7 Å². The molecule has 0 radical (unpaired) electrons. The van der Waals surface area contributed by atoms with E-state index in [0.717, 1.165) is 12.1 Å². The molecule has 0 heterocycles. The molecule has 1 aromatic carbocycles. The number of nitrogens with one attached hydrogen (secondary N) is 1. The molecule has 9 heteroatoms. The summed E-state index contributed by atoms with van der Waals surface area (Å²) < 4.78 is 60.7. The van der Waals surface area contributed by atoms with Gasteiger partial charge in [0.25, 0.3) is 0 Å². The monoisotopic (exact) mass is 317 g/mol. The SMILES string of the molecule is O=S(=O)(c1cc(F)ccc1NCC(O)CCl)C(F)F. The van der Waals surface area contributed by atoms with E-state index >= 15 is 0 Å². The summed E-state index contributed by atoms with van der Waals surface area (Å²) in [6.45, 7) is -0.152. The quantitative estimate of drug-likeness (QED) is 0.786. The van der Waals surface area contributed by atoms with Crippen molar-refractivity contribution >= 4 is 27.1 Å². The Morgan fingerprint density at radius 3 is 2.53 bits per heavy atom. The maximum atomic E-state index is 13.0. The molecule has 4 nitrogen and oxygen atoms in total. The first kappa shape index (κ1) is 16.1. The van der Waals surface area contributed by atoms with Crippen molar-refractivity contribution in [3.8, 4) is 0 Å². The normalized spacial score (nSPS) is 13.6. The topological polar surface area (TPSA) is 66.4 Å². The van der Waals surface area contributed by atoms with Crippen molar-refractivity contribution < 1.29 is 26.7 Å². The van der Waals surface area contributed by atoms with Crippen LogP contribution in [0.2, 0.25) is 0 Å². The van der Waals surface area contributed by atoms with Crippen molar-refractivity contribution in [2.75, 3.05) is 17.7 Å². The zero-order valence-corrected chi connectivity index (χ0v) is 11.1. The predicted molar refractivity (Wildman–Crippen MR) is 64.8 cm³/mol. The summed E-state index contributed by atoms with van der Waals surface area (Å²) >= 11 is 5.34. The maximum Gasteiger partial charge on any atom is 0.341 e. The fourth-order valence-electron chi connectivity index (χ4n) is 1.26. The predicted octanol–water partition coefficient (Wildman–Crippen LogP) is 1.83. The van der Waals surface area contributed by atoms with Crippen molar-refractivity contribution in [3.05, 3.63) is 24.0 Å². The van der Waals surface area contributed by atoms with Gasteiger partial charge in [0.15, 0.2) is 0 Å². The van der Waals surface area contributed by atoms with Crippen LogP contribution in [0.15, 0.2) is 23.1 Å². The van der Waals surface area contributed by atoms with E-state index in [0.29, 0.717) is 6.07 Å². The number of hydrogen-bond acceptors (Lipinski definition) is 4. The van der Waals surface area contributed by atoms with Gasteiger partial charge in [0.2, 0.25) is 9.84 Å². The minimum absolute atomic E-state index is 0.120. The molecule has 0 spiro atoms. The van der Waals surface area contributed by atoms with Crippen LogP contribution < -0.4 is 5.32 Å². The van der Waals surface area contributed by atoms with Gasteiger partial charge in [0.1, 0.15) is 5.82 Å². The highest BCUT2D eigenvalue weighted by atomic mass is 35.5. The van der Waals surface area contributed by atoms with E-state index in [1.165, 1.54) is 0 Å². The number of halogens is 4. The minimum Gasteiger partial charge on any atom is -0.390 e. The van der Waals surface area contributed by atoms with Crippen molar-refractivity contribution in [1.82, 2.24) is 0 Å². The highest BCUT2D eigenvalue weighted by molar-refractivity contribution is 7.91. The molecule has 1 unspecified atom stereocenters. The summed E-state index contributed by atoms with van der Waals surface area (Å²) in [6, 6.07) is 2.42. The first-order chi connectivity index (χ1) is 8.78. The molecule has 2 N–H and O–H groups in total. The summed E-state index contributed by atoms with van der Waals surface area (Å²) in [6.07, 6.45) is -0.992.